The Morgan fingerprint density at radius 1 is 1.03 bits per heavy atom. The zero-order chi connectivity index (χ0) is 25.4. The molecule has 0 bridgehead atoms. The van der Waals surface area contributed by atoms with Gasteiger partial charge in [-0.3, -0.25) is 14.5 Å². The van der Waals surface area contributed by atoms with Gasteiger partial charge in [-0.05, 0) is 56.2 Å². The van der Waals surface area contributed by atoms with Crippen LogP contribution in [0.2, 0.25) is 0 Å². The largest absolute Gasteiger partial charge is 0.503 e. The Bertz CT molecular complexity index is 1330. The number of aromatic nitrogens is 1. The lowest BCUT2D eigenvalue weighted by atomic mass is 9.94. The molecule has 8 nitrogen and oxygen atoms in total. The van der Waals surface area contributed by atoms with Gasteiger partial charge >= 0.3 is 0 Å². The van der Waals surface area contributed by atoms with Crippen molar-refractivity contribution in [1.82, 2.24) is 4.98 Å². The number of rotatable bonds is 7. The molecule has 1 amide bonds. The third-order valence-electron chi connectivity index (χ3n) is 5.85. The van der Waals surface area contributed by atoms with E-state index in [2.05, 4.69) is 4.98 Å². The third-order valence-corrected chi connectivity index (χ3v) is 6.92. The average Bonchev–Trinajstić information content (AvgIpc) is 3.32. The Labute approximate surface area is 207 Å². The molecule has 1 atom stereocenters. The van der Waals surface area contributed by atoms with Crippen LogP contribution in [0.1, 0.15) is 37.5 Å². The topological polar surface area (TPSA) is 98.2 Å². The second kappa shape index (κ2) is 9.42. The van der Waals surface area contributed by atoms with Crippen LogP contribution in [-0.4, -0.2) is 43.1 Å². The number of hydrogen-bond acceptors (Lipinski definition) is 8. The van der Waals surface area contributed by atoms with Gasteiger partial charge in [0.25, 0.3) is 5.91 Å². The molecule has 1 N–H and O–H groups in total. The number of aryl methyl sites for hydroxylation is 3. The first-order valence-corrected chi connectivity index (χ1v) is 11.6. The molecule has 1 aromatic heterocycles. The predicted octanol–water partition coefficient (Wildman–Crippen LogP) is 4.88. The first kappa shape index (κ1) is 24.3. The van der Waals surface area contributed by atoms with Crippen molar-refractivity contribution < 1.29 is 28.9 Å². The standard InChI is InChI=1S/C26H26N2O6S/c1-13-8-7-9-17(10-13)28-21(16-11-18(32-4)24(34-6)19(12-16)33-5)20(23(30)26(28)31)22(29)25-14(2)27-15(3)35-25/h7-12,21,30H,1-6H3. The molecule has 0 radical (unpaired) electrons. The van der Waals surface area contributed by atoms with E-state index >= 15 is 0 Å². The highest BCUT2D eigenvalue weighted by molar-refractivity contribution is 7.14. The molecule has 35 heavy (non-hydrogen) atoms. The first-order chi connectivity index (χ1) is 16.7. The number of nitrogens with zero attached hydrogens (tertiary/aromatic N) is 2. The van der Waals surface area contributed by atoms with Crippen LogP contribution >= 0.6 is 11.3 Å². The van der Waals surface area contributed by atoms with Crippen molar-refractivity contribution in [3.05, 3.63) is 74.4 Å². The Morgan fingerprint density at radius 3 is 2.20 bits per heavy atom. The van der Waals surface area contributed by atoms with Gasteiger partial charge in [0.2, 0.25) is 11.5 Å². The molecular formula is C26H26N2O6S. The lowest BCUT2D eigenvalue weighted by Crippen LogP contribution is -2.31. The highest BCUT2D eigenvalue weighted by Crippen LogP contribution is 2.47. The van der Waals surface area contributed by atoms with Crippen LogP contribution in [-0.2, 0) is 4.79 Å². The first-order valence-electron chi connectivity index (χ1n) is 10.8. The number of methoxy groups -OCH3 is 3. The van der Waals surface area contributed by atoms with Crippen LogP contribution in [0.15, 0.2) is 47.7 Å². The SMILES string of the molecule is COc1cc(C2C(C(=O)c3sc(C)nc3C)=C(O)C(=O)N2c2cccc(C)c2)cc(OC)c1OC. The molecule has 1 aliphatic rings. The molecule has 4 rings (SSSR count). The summed E-state index contributed by atoms with van der Waals surface area (Å²) in [5, 5.41) is 11.8. The quantitative estimate of drug-likeness (QED) is 0.468. The van der Waals surface area contributed by atoms with Gasteiger partial charge in [-0.2, -0.15) is 0 Å². The zero-order valence-corrected chi connectivity index (χ0v) is 21.1. The number of aliphatic hydroxyl groups excluding tert-OH is 1. The highest BCUT2D eigenvalue weighted by Gasteiger charge is 2.46. The number of ketones is 1. The van der Waals surface area contributed by atoms with Gasteiger partial charge in [-0.25, -0.2) is 4.98 Å². The molecule has 1 unspecified atom stereocenters. The van der Waals surface area contributed by atoms with Crippen molar-refractivity contribution in [2.75, 3.05) is 26.2 Å². The maximum atomic E-state index is 13.8. The third kappa shape index (κ3) is 4.12. The smallest absolute Gasteiger partial charge is 0.294 e. The van der Waals surface area contributed by atoms with Gasteiger partial charge in [0.15, 0.2) is 17.3 Å². The Hall–Kier alpha value is -3.85. The number of carbonyl (C=O) groups is 2. The minimum Gasteiger partial charge on any atom is -0.503 e. The van der Waals surface area contributed by atoms with Crippen molar-refractivity contribution >= 4 is 28.7 Å². The molecule has 1 aliphatic heterocycles. The van der Waals surface area contributed by atoms with E-state index in [4.69, 9.17) is 14.2 Å². The van der Waals surface area contributed by atoms with Gasteiger partial charge in [0.05, 0.1) is 48.5 Å². The van der Waals surface area contributed by atoms with E-state index in [0.717, 1.165) is 10.6 Å². The van der Waals surface area contributed by atoms with Gasteiger partial charge < -0.3 is 19.3 Å². The summed E-state index contributed by atoms with van der Waals surface area (Å²) in [6.07, 6.45) is 0. The van der Waals surface area contributed by atoms with Gasteiger partial charge in [-0.15, -0.1) is 11.3 Å². The maximum Gasteiger partial charge on any atom is 0.294 e. The number of ether oxygens (including phenoxy) is 3. The summed E-state index contributed by atoms with van der Waals surface area (Å²) in [7, 11) is 4.47. The Kier molecular flexibility index (Phi) is 6.53. The molecule has 0 spiro atoms. The second-order valence-electron chi connectivity index (χ2n) is 8.11. The zero-order valence-electron chi connectivity index (χ0n) is 20.3. The number of benzene rings is 2. The van der Waals surface area contributed by atoms with Crippen molar-refractivity contribution in [2.45, 2.75) is 26.8 Å². The minimum absolute atomic E-state index is 0.0301. The van der Waals surface area contributed by atoms with Crippen molar-refractivity contribution in [2.24, 2.45) is 0 Å². The number of carbonyl (C=O) groups excluding carboxylic acids is 2. The number of thiazole rings is 1. The summed E-state index contributed by atoms with van der Waals surface area (Å²) in [4.78, 5) is 33.4. The average molecular weight is 495 g/mol. The van der Waals surface area contributed by atoms with E-state index in [-0.39, 0.29) is 5.57 Å². The van der Waals surface area contributed by atoms with Crippen LogP contribution in [0.5, 0.6) is 17.2 Å². The number of hydrogen-bond donors (Lipinski definition) is 1. The van der Waals surface area contributed by atoms with E-state index in [0.29, 0.717) is 39.1 Å². The molecule has 9 heteroatoms. The maximum absolute atomic E-state index is 13.8. The van der Waals surface area contributed by atoms with Crippen molar-refractivity contribution in [3.8, 4) is 17.2 Å². The Morgan fingerprint density at radius 2 is 1.69 bits per heavy atom. The molecule has 0 fully saturated rings. The van der Waals surface area contributed by atoms with E-state index in [1.165, 1.54) is 37.6 Å². The number of anilines is 1. The van der Waals surface area contributed by atoms with Crippen molar-refractivity contribution in [3.63, 3.8) is 0 Å². The second-order valence-corrected chi connectivity index (χ2v) is 9.32. The minimum atomic E-state index is -0.938. The fourth-order valence-electron chi connectivity index (χ4n) is 4.32. The fraction of sp³-hybridized carbons (Fsp3) is 0.269. The van der Waals surface area contributed by atoms with Crippen LogP contribution in [0.4, 0.5) is 5.69 Å². The molecule has 2 aromatic carbocycles. The monoisotopic (exact) mass is 494 g/mol. The number of amides is 1. The van der Waals surface area contributed by atoms with E-state index in [9.17, 15) is 14.7 Å². The summed E-state index contributed by atoms with van der Waals surface area (Å²) in [6.45, 7) is 5.44. The summed E-state index contributed by atoms with van der Waals surface area (Å²) in [5.41, 5.74) is 2.49. The normalized spacial score (nSPS) is 15.5. The van der Waals surface area contributed by atoms with Crippen LogP contribution in [0.3, 0.4) is 0 Å². The molecular weight excluding hydrogens is 468 g/mol. The summed E-state index contributed by atoms with van der Waals surface area (Å²) in [6, 6.07) is 9.73. The molecule has 0 saturated heterocycles. The summed E-state index contributed by atoms with van der Waals surface area (Å²) >= 11 is 1.23. The van der Waals surface area contributed by atoms with E-state index < -0.39 is 23.5 Å². The Balaban J connectivity index is 1.98. The fourth-order valence-corrected chi connectivity index (χ4v) is 5.19. The number of Topliss-reactive ketones (excluding diaryl/α,β-unsaturated/α-hetero) is 1. The molecule has 182 valence electrons. The van der Waals surface area contributed by atoms with Gasteiger partial charge in [0, 0.05) is 5.69 Å². The summed E-state index contributed by atoms with van der Waals surface area (Å²) in [5.74, 6) is -0.617. The van der Waals surface area contributed by atoms with Crippen LogP contribution in [0, 0.1) is 20.8 Å². The van der Waals surface area contributed by atoms with Crippen LogP contribution < -0.4 is 19.1 Å². The molecule has 3 aromatic rings. The van der Waals surface area contributed by atoms with Gasteiger partial charge in [0.1, 0.15) is 0 Å². The molecule has 0 saturated carbocycles. The predicted molar refractivity (Wildman–Crippen MR) is 133 cm³/mol. The van der Waals surface area contributed by atoms with E-state index in [1.54, 1.807) is 32.0 Å². The lowest BCUT2D eigenvalue weighted by molar-refractivity contribution is -0.117. The van der Waals surface area contributed by atoms with Crippen molar-refractivity contribution in [1.29, 1.82) is 0 Å². The lowest BCUT2D eigenvalue weighted by Gasteiger charge is -2.28. The number of aliphatic hydroxyl groups is 1. The van der Waals surface area contributed by atoms with Gasteiger partial charge in [-0.1, -0.05) is 12.1 Å². The van der Waals surface area contributed by atoms with E-state index in [1.807, 2.05) is 25.1 Å². The summed E-state index contributed by atoms with van der Waals surface area (Å²) < 4.78 is 16.5. The molecule has 0 aliphatic carbocycles. The highest BCUT2D eigenvalue weighted by atomic mass is 32.1. The molecule has 2 heterocycles. The van der Waals surface area contributed by atoms with Crippen LogP contribution in [0.25, 0.3) is 0 Å².